The molecule has 1 aromatic heterocycles. The summed E-state index contributed by atoms with van der Waals surface area (Å²) in [7, 11) is 0. The van der Waals surface area contributed by atoms with Gasteiger partial charge in [0.05, 0.1) is 16.8 Å². The van der Waals surface area contributed by atoms with E-state index in [1.54, 1.807) is 48.0 Å². The summed E-state index contributed by atoms with van der Waals surface area (Å²) in [6, 6.07) is 12.8. The fourth-order valence-corrected chi connectivity index (χ4v) is 2.54. The summed E-state index contributed by atoms with van der Waals surface area (Å²) in [5, 5.41) is 1.91. The van der Waals surface area contributed by atoms with Gasteiger partial charge in [0.1, 0.15) is 24.8 Å². The van der Waals surface area contributed by atoms with E-state index in [0.29, 0.717) is 23.5 Å². The molecule has 24 heavy (non-hydrogen) atoms. The first kappa shape index (κ1) is 16.1. The molecule has 0 radical (unpaired) electrons. The van der Waals surface area contributed by atoms with Gasteiger partial charge >= 0.3 is 5.97 Å². The molecule has 122 valence electrons. The zero-order valence-corrected chi connectivity index (χ0v) is 13.5. The first-order valence-corrected chi connectivity index (χ1v) is 8.17. The molecule has 0 aliphatic heterocycles. The van der Waals surface area contributed by atoms with E-state index < -0.39 is 11.8 Å². The monoisotopic (exact) mass is 343 g/mol. The van der Waals surface area contributed by atoms with Crippen LogP contribution in [0.25, 0.3) is 0 Å². The van der Waals surface area contributed by atoms with Gasteiger partial charge < -0.3 is 9.47 Å². The minimum Gasteiger partial charge on any atom is -0.487 e. The summed E-state index contributed by atoms with van der Waals surface area (Å²) in [5.74, 6) is -0.269. The van der Waals surface area contributed by atoms with Crippen LogP contribution in [0.4, 0.5) is 4.39 Å². The zero-order chi connectivity index (χ0) is 16.8. The Morgan fingerprint density at radius 2 is 1.88 bits per heavy atom. The number of thiazole rings is 1. The van der Waals surface area contributed by atoms with Crippen molar-refractivity contribution in [2.75, 3.05) is 0 Å². The van der Waals surface area contributed by atoms with Gasteiger partial charge in [-0.1, -0.05) is 18.2 Å². The molecule has 0 amide bonds. The highest BCUT2D eigenvalue weighted by molar-refractivity contribution is 7.07. The van der Waals surface area contributed by atoms with Crippen molar-refractivity contribution >= 4 is 17.3 Å². The first-order chi connectivity index (χ1) is 11.7. The third kappa shape index (κ3) is 4.17. The molecule has 1 heterocycles. The highest BCUT2D eigenvalue weighted by Gasteiger charge is 2.09. The number of nitrogens with zero attached hydrogens (tertiary/aromatic N) is 1. The highest BCUT2D eigenvalue weighted by atomic mass is 32.1. The van der Waals surface area contributed by atoms with Gasteiger partial charge in [0.2, 0.25) is 0 Å². The van der Waals surface area contributed by atoms with Crippen LogP contribution in [0.5, 0.6) is 5.75 Å². The van der Waals surface area contributed by atoms with Gasteiger partial charge in [-0.05, 0) is 30.3 Å². The Kier molecular flexibility index (Phi) is 5.18. The molecule has 0 saturated carbocycles. The Bertz CT molecular complexity index is 803. The predicted octanol–water partition coefficient (Wildman–Crippen LogP) is 4.22. The fraction of sp³-hybridized carbons (Fsp3) is 0.111. The number of carbonyl (C=O) groups excluding carboxylic acids is 1. The van der Waals surface area contributed by atoms with Crippen LogP contribution in [-0.2, 0) is 18.0 Å². The largest absolute Gasteiger partial charge is 0.487 e. The Balaban J connectivity index is 1.54. The summed E-state index contributed by atoms with van der Waals surface area (Å²) in [6.45, 7) is 0.272. The van der Waals surface area contributed by atoms with Crippen LogP contribution < -0.4 is 4.74 Å². The standard InChI is InChI=1S/C18H14FNO3S/c19-17-4-2-1-3-14(17)9-23-18(21)13-5-7-16(8-6-13)22-10-15-11-24-12-20-15/h1-8,11-12H,9-10H2. The van der Waals surface area contributed by atoms with Crippen LogP contribution in [0.15, 0.2) is 59.4 Å². The lowest BCUT2D eigenvalue weighted by Crippen LogP contribution is -2.06. The van der Waals surface area contributed by atoms with Gasteiger partial charge in [0, 0.05) is 10.9 Å². The second-order valence-electron chi connectivity index (χ2n) is 4.96. The quantitative estimate of drug-likeness (QED) is 0.629. The molecule has 0 spiro atoms. The fourth-order valence-electron chi connectivity index (χ4n) is 2.00. The summed E-state index contributed by atoms with van der Waals surface area (Å²) in [5.41, 5.74) is 3.32. The number of esters is 1. The van der Waals surface area contributed by atoms with Crippen LogP contribution in [-0.4, -0.2) is 11.0 Å². The van der Waals surface area contributed by atoms with Gasteiger partial charge in [-0.2, -0.15) is 0 Å². The molecular weight excluding hydrogens is 329 g/mol. The number of halogens is 1. The molecule has 0 saturated heterocycles. The second-order valence-corrected chi connectivity index (χ2v) is 5.68. The van der Waals surface area contributed by atoms with E-state index in [1.807, 2.05) is 5.38 Å². The lowest BCUT2D eigenvalue weighted by molar-refractivity contribution is 0.0469. The molecule has 0 N–H and O–H groups in total. The molecule has 0 aliphatic carbocycles. The van der Waals surface area contributed by atoms with Crippen molar-refractivity contribution in [3.63, 3.8) is 0 Å². The maximum absolute atomic E-state index is 13.5. The highest BCUT2D eigenvalue weighted by Crippen LogP contribution is 2.16. The third-order valence-electron chi connectivity index (χ3n) is 3.28. The summed E-state index contributed by atoms with van der Waals surface area (Å²) >= 11 is 1.51. The normalized spacial score (nSPS) is 10.4. The van der Waals surface area contributed by atoms with Gasteiger partial charge in [-0.15, -0.1) is 11.3 Å². The molecule has 0 bridgehead atoms. The van der Waals surface area contributed by atoms with Crippen molar-refractivity contribution < 1.29 is 18.7 Å². The molecule has 0 unspecified atom stereocenters. The Morgan fingerprint density at radius 1 is 1.08 bits per heavy atom. The Labute approximate surface area is 142 Å². The molecule has 0 atom stereocenters. The van der Waals surface area contributed by atoms with Crippen molar-refractivity contribution in [3.05, 3.63) is 82.1 Å². The minimum absolute atomic E-state index is 0.104. The number of carbonyl (C=O) groups is 1. The lowest BCUT2D eigenvalue weighted by Gasteiger charge is -2.07. The van der Waals surface area contributed by atoms with Crippen LogP contribution in [0.1, 0.15) is 21.6 Å². The predicted molar refractivity (Wildman–Crippen MR) is 88.4 cm³/mol. The molecule has 3 rings (SSSR count). The average Bonchev–Trinajstić information content (AvgIpc) is 3.13. The van der Waals surface area contributed by atoms with Gasteiger partial charge in [0.25, 0.3) is 0 Å². The van der Waals surface area contributed by atoms with Crippen LogP contribution in [0, 0.1) is 5.82 Å². The maximum atomic E-state index is 13.5. The van der Waals surface area contributed by atoms with Crippen molar-refractivity contribution in [3.8, 4) is 5.75 Å². The smallest absolute Gasteiger partial charge is 0.338 e. The van der Waals surface area contributed by atoms with Crippen molar-refractivity contribution in [2.24, 2.45) is 0 Å². The molecule has 0 aliphatic rings. The Hall–Kier alpha value is -2.73. The topological polar surface area (TPSA) is 48.4 Å². The Morgan fingerprint density at radius 3 is 2.58 bits per heavy atom. The SMILES string of the molecule is O=C(OCc1ccccc1F)c1ccc(OCc2cscn2)cc1. The summed E-state index contributed by atoms with van der Waals surface area (Å²) in [4.78, 5) is 16.1. The third-order valence-corrected chi connectivity index (χ3v) is 3.91. The number of aromatic nitrogens is 1. The van der Waals surface area contributed by atoms with Gasteiger partial charge in [-0.3, -0.25) is 0 Å². The number of hydrogen-bond donors (Lipinski definition) is 0. The molecular formula is C18H14FNO3S. The summed E-state index contributed by atoms with van der Waals surface area (Å²) < 4.78 is 24.2. The number of hydrogen-bond acceptors (Lipinski definition) is 5. The van der Waals surface area contributed by atoms with E-state index in [-0.39, 0.29) is 6.61 Å². The van der Waals surface area contributed by atoms with Crippen LogP contribution >= 0.6 is 11.3 Å². The van der Waals surface area contributed by atoms with E-state index in [4.69, 9.17) is 9.47 Å². The van der Waals surface area contributed by atoms with E-state index in [2.05, 4.69) is 4.98 Å². The maximum Gasteiger partial charge on any atom is 0.338 e. The van der Waals surface area contributed by atoms with E-state index >= 15 is 0 Å². The lowest BCUT2D eigenvalue weighted by atomic mass is 10.2. The average molecular weight is 343 g/mol. The van der Waals surface area contributed by atoms with Crippen molar-refractivity contribution in [1.29, 1.82) is 0 Å². The molecule has 6 heteroatoms. The van der Waals surface area contributed by atoms with Crippen LogP contribution in [0.2, 0.25) is 0 Å². The number of rotatable bonds is 6. The molecule has 0 fully saturated rings. The molecule has 4 nitrogen and oxygen atoms in total. The van der Waals surface area contributed by atoms with E-state index in [1.165, 1.54) is 17.4 Å². The van der Waals surface area contributed by atoms with Gasteiger partial charge in [-0.25, -0.2) is 14.2 Å². The number of benzene rings is 2. The number of ether oxygens (including phenoxy) is 2. The van der Waals surface area contributed by atoms with E-state index in [0.717, 1.165) is 5.69 Å². The first-order valence-electron chi connectivity index (χ1n) is 7.23. The zero-order valence-electron chi connectivity index (χ0n) is 12.6. The van der Waals surface area contributed by atoms with Crippen molar-refractivity contribution in [1.82, 2.24) is 4.98 Å². The van der Waals surface area contributed by atoms with Crippen LogP contribution in [0.3, 0.4) is 0 Å². The summed E-state index contributed by atoms with van der Waals surface area (Å²) in [6.07, 6.45) is 0. The van der Waals surface area contributed by atoms with E-state index in [9.17, 15) is 9.18 Å². The molecule has 3 aromatic rings. The minimum atomic E-state index is -0.510. The molecule has 2 aromatic carbocycles. The second kappa shape index (κ2) is 7.70. The van der Waals surface area contributed by atoms with Gasteiger partial charge in [0.15, 0.2) is 0 Å². The van der Waals surface area contributed by atoms with Crippen molar-refractivity contribution in [2.45, 2.75) is 13.2 Å².